The molecular weight excluding hydrogens is 618 g/mol. The zero-order chi connectivity index (χ0) is 36.6. The fourth-order valence-corrected chi connectivity index (χ4v) is 7.10. The van der Waals surface area contributed by atoms with Gasteiger partial charge < -0.3 is 20.6 Å². The number of carbonyl (C=O) groups is 1. The molecule has 0 bridgehead atoms. The molecule has 0 spiro atoms. The average Bonchev–Trinajstić information content (AvgIpc) is 3.12. The first kappa shape index (κ1) is 49.1. The van der Waals surface area contributed by atoms with Gasteiger partial charge in [-0.2, -0.15) is 0 Å². The van der Waals surface area contributed by atoms with Gasteiger partial charge >= 0.3 is 0 Å². The van der Waals surface area contributed by atoms with E-state index >= 15 is 0 Å². The summed E-state index contributed by atoms with van der Waals surface area (Å²) in [6, 6.07) is -0.819. The Bertz CT molecular complexity index is 699. The Kier molecular flexibility index (Phi) is 40.1. The molecule has 0 aromatic carbocycles. The second-order valence-corrected chi connectivity index (χ2v) is 15.6. The molecule has 0 aromatic heterocycles. The van der Waals surface area contributed by atoms with Crippen LogP contribution in [0, 0.1) is 0 Å². The van der Waals surface area contributed by atoms with Crippen molar-refractivity contribution in [1.82, 2.24) is 5.32 Å². The smallest absolute Gasteiger partial charge is 0.220 e. The third kappa shape index (κ3) is 35.5. The monoisotopic (exact) mass is 708 g/mol. The zero-order valence-corrected chi connectivity index (χ0v) is 33.8. The molecule has 0 heterocycles. The second kappa shape index (κ2) is 40.9. The predicted molar refractivity (Wildman–Crippen MR) is 218 cm³/mol. The summed E-state index contributed by atoms with van der Waals surface area (Å²) in [4.78, 5) is 12.4. The van der Waals surface area contributed by atoms with E-state index in [2.05, 4.69) is 31.3 Å². The van der Waals surface area contributed by atoms with Crippen molar-refractivity contribution in [3.63, 3.8) is 0 Å². The maximum atomic E-state index is 12.4. The Morgan fingerprint density at radius 3 is 1.16 bits per heavy atom. The number of hydrogen-bond acceptors (Lipinski definition) is 4. The lowest BCUT2D eigenvalue weighted by atomic mass is 10.0. The molecule has 3 atom stereocenters. The van der Waals surface area contributed by atoms with Crippen LogP contribution in [0.2, 0.25) is 0 Å². The molecule has 3 unspecified atom stereocenters. The summed E-state index contributed by atoms with van der Waals surface area (Å²) in [6.45, 7) is 4.14. The fourth-order valence-electron chi connectivity index (χ4n) is 7.10. The summed E-state index contributed by atoms with van der Waals surface area (Å²) < 4.78 is 0. The molecular formula is C45H89NO4. The summed E-state index contributed by atoms with van der Waals surface area (Å²) >= 11 is 0. The third-order valence-corrected chi connectivity index (χ3v) is 10.6. The molecule has 0 aliphatic carbocycles. The highest BCUT2D eigenvalue weighted by Crippen LogP contribution is 2.17. The highest BCUT2D eigenvalue weighted by atomic mass is 16.3. The van der Waals surface area contributed by atoms with Crippen LogP contribution >= 0.6 is 0 Å². The van der Waals surface area contributed by atoms with Crippen molar-refractivity contribution < 1.29 is 20.1 Å². The minimum Gasteiger partial charge on any atom is -0.394 e. The van der Waals surface area contributed by atoms with Crippen molar-refractivity contribution in [3.05, 3.63) is 12.2 Å². The SMILES string of the molecule is CCCCCC/C=C/CCCC(O)C(O)C(CO)NC(=O)CCCCCCCCCCCCCCCCCCCCCCCCCCCCC. The Hall–Kier alpha value is -0.910. The van der Waals surface area contributed by atoms with Crippen LogP contribution in [0.3, 0.4) is 0 Å². The van der Waals surface area contributed by atoms with Gasteiger partial charge in [0.05, 0.1) is 18.8 Å². The van der Waals surface area contributed by atoms with Crippen molar-refractivity contribution in [1.29, 1.82) is 0 Å². The highest BCUT2D eigenvalue weighted by Gasteiger charge is 2.26. The number of unbranched alkanes of at least 4 members (excludes halogenated alkanes) is 31. The van der Waals surface area contributed by atoms with Crippen LogP contribution in [0.4, 0.5) is 0 Å². The molecule has 0 aliphatic heterocycles. The second-order valence-electron chi connectivity index (χ2n) is 15.6. The number of rotatable bonds is 41. The summed E-state index contributed by atoms with van der Waals surface area (Å²) in [6.07, 6.45) is 47.8. The number of amides is 1. The molecule has 0 fully saturated rings. The van der Waals surface area contributed by atoms with Crippen LogP contribution in [-0.4, -0.2) is 46.1 Å². The van der Waals surface area contributed by atoms with Gasteiger partial charge in [0.15, 0.2) is 0 Å². The Morgan fingerprint density at radius 1 is 0.480 bits per heavy atom. The average molecular weight is 708 g/mol. The maximum absolute atomic E-state index is 12.4. The van der Waals surface area contributed by atoms with Gasteiger partial charge in [0.25, 0.3) is 0 Å². The van der Waals surface area contributed by atoms with E-state index in [1.54, 1.807) is 0 Å². The molecule has 5 nitrogen and oxygen atoms in total. The largest absolute Gasteiger partial charge is 0.394 e. The number of hydrogen-bond donors (Lipinski definition) is 4. The van der Waals surface area contributed by atoms with Gasteiger partial charge in [0, 0.05) is 6.42 Å². The quantitative estimate of drug-likeness (QED) is 0.0376. The van der Waals surface area contributed by atoms with E-state index in [1.807, 2.05) is 0 Å². The first-order valence-electron chi connectivity index (χ1n) is 22.5. The highest BCUT2D eigenvalue weighted by molar-refractivity contribution is 5.76. The summed E-state index contributed by atoms with van der Waals surface area (Å²) in [5.41, 5.74) is 0. The zero-order valence-electron chi connectivity index (χ0n) is 33.8. The van der Waals surface area contributed by atoms with E-state index in [4.69, 9.17) is 0 Å². The molecule has 5 heteroatoms. The lowest BCUT2D eigenvalue weighted by Gasteiger charge is -2.26. The van der Waals surface area contributed by atoms with Crippen molar-refractivity contribution in [3.8, 4) is 0 Å². The van der Waals surface area contributed by atoms with E-state index in [-0.39, 0.29) is 12.5 Å². The standard InChI is InChI=1S/C45H89NO4/c1-3-5-7-9-11-13-14-15-16-17-18-19-20-21-22-23-24-25-26-27-28-29-30-32-34-36-38-40-44(49)46-42(41-47)45(50)43(48)39-37-35-33-31-12-10-8-6-4-2/h31,33,42-43,45,47-48,50H,3-30,32,34-41H2,1-2H3,(H,46,49)/b33-31+. The minimum atomic E-state index is -1.15. The number of nitrogens with one attached hydrogen (secondary N) is 1. The molecule has 0 aromatic rings. The molecule has 4 N–H and O–H groups in total. The summed E-state index contributed by atoms with van der Waals surface area (Å²) in [5, 5.41) is 33.3. The number of allylic oxidation sites excluding steroid dienone is 2. The van der Waals surface area contributed by atoms with Gasteiger partial charge in [-0.25, -0.2) is 0 Å². The van der Waals surface area contributed by atoms with E-state index < -0.39 is 18.2 Å². The van der Waals surface area contributed by atoms with E-state index in [0.717, 1.165) is 38.5 Å². The molecule has 0 aliphatic rings. The summed E-state index contributed by atoms with van der Waals surface area (Å²) in [7, 11) is 0. The van der Waals surface area contributed by atoms with Crippen molar-refractivity contribution in [2.45, 2.75) is 263 Å². The molecule has 0 saturated heterocycles. The minimum absolute atomic E-state index is 0.152. The van der Waals surface area contributed by atoms with Crippen LogP contribution in [0.15, 0.2) is 12.2 Å². The van der Waals surface area contributed by atoms with Gasteiger partial charge in [0.2, 0.25) is 5.91 Å². The van der Waals surface area contributed by atoms with Gasteiger partial charge in [-0.15, -0.1) is 0 Å². The van der Waals surface area contributed by atoms with E-state index in [0.29, 0.717) is 12.8 Å². The van der Waals surface area contributed by atoms with Gasteiger partial charge in [0.1, 0.15) is 6.10 Å². The van der Waals surface area contributed by atoms with Crippen LogP contribution in [0.25, 0.3) is 0 Å². The maximum Gasteiger partial charge on any atom is 0.220 e. The molecule has 50 heavy (non-hydrogen) atoms. The molecule has 298 valence electrons. The van der Waals surface area contributed by atoms with Crippen LogP contribution in [0.1, 0.15) is 245 Å². The van der Waals surface area contributed by atoms with Crippen LogP contribution < -0.4 is 5.32 Å². The Balaban J connectivity index is 3.48. The lowest BCUT2D eigenvalue weighted by molar-refractivity contribution is -0.124. The van der Waals surface area contributed by atoms with E-state index in [9.17, 15) is 20.1 Å². The molecule has 0 rings (SSSR count). The molecule has 1 amide bonds. The van der Waals surface area contributed by atoms with Gasteiger partial charge in [-0.05, 0) is 38.5 Å². The third-order valence-electron chi connectivity index (χ3n) is 10.6. The number of aliphatic hydroxyl groups is 3. The van der Waals surface area contributed by atoms with Crippen molar-refractivity contribution in [2.75, 3.05) is 6.61 Å². The topological polar surface area (TPSA) is 89.8 Å². The predicted octanol–water partition coefficient (Wildman–Crippen LogP) is 12.8. The molecule has 0 radical (unpaired) electrons. The van der Waals surface area contributed by atoms with Crippen molar-refractivity contribution in [2.24, 2.45) is 0 Å². The Labute approximate surface area is 312 Å². The summed E-state index contributed by atoms with van der Waals surface area (Å²) in [5.74, 6) is -0.152. The number of carbonyl (C=O) groups excluding carboxylic acids is 1. The fraction of sp³-hybridized carbons (Fsp3) is 0.933. The van der Waals surface area contributed by atoms with Crippen LogP contribution in [0.5, 0.6) is 0 Å². The Morgan fingerprint density at radius 2 is 0.800 bits per heavy atom. The van der Waals surface area contributed by atoms with Gasteiger partial charge in [-0.3, -0.25) is 4.79 Å². The number of aliphatic hydroxyl groups excluding tert-OH is 3. The van der Waals surface area contributed by atoms with Gasteiger partial charge in [-0.1, -0.05) is 212 Å². The first-order chi connectivity index (χ1) is 24.6. The lowest BCUT2D eigenvalue weighted by Crippen LogP contribution is -2.50. The first-order valence-corrected chi connectivity index (χ1v) is 22.5. The molecule has 0 saturated carbocycles. The van der Waals surface area contributed by atoms with Crippen LogP contribution in [-0.2, 0) is 4.79 Å². The van der Waals surface area contributed by atoms with E-state index in [1.165, 1.54) is 180 Å². The van der Waals surface area contributed by atoms with Crippen molar-refractivity contribution >= 4 is 5.91 Å². The normalized spacial score (nSPS) is 13.6.